The third kappa shape index (κ3) is 20.0. The summed E-state index contributed by atoms with van der Waals surface area (Å²) >= 11 is 0. The highest BCUT2D eigenvalue weighted by Crippen LogP contribution is 1.80. The number of rotatable bonds is 10. The third-order valence-electron chi connectivity index (χ3n) is 1.24. The Labute approximate surface area is 94.0 Å². The summed E-state index contributed by atoms with van der Waals surface area (Å²) in [6.45, 7) is 7.71. The summed E-state index contributed by atoms with van der Waals surface area (Å²) in [7, 11) is 0. The molecule has 0 saturated carbocycles. The number of hydrogen-bond donors (Lipinski definition) is 2. The maximum atomic E-state index is 8.37. The normalized spacial score (nSPS) is 9.60. The molecule has 0 aromatic carbocycles. The van der Waals surface area contributed by atoms with Crippen LogP contribution in [0.1, 0.15) is 15.3 Å². The Balaban J connectivity index is -0.000000529. The van der Waals surface area contributed by atoms with Gasteiger partial charge < -0.3 is 25.1 Å². The first-order valence-electron chi connectivity index (χ1n) is 5.46. The fraction of sp³-hybridized carbons (Fsp3) is 1.00. The summed E-state index contributed by atoms with van der Waals surface area (Å²) in [6, 6.07) is 0. The Morgan fingerprint density at radius 2 is 1.27 bits per heavy atom. The van der Waals surface area contributed by atoms with Gasteiger partial charge in [-0.1, -0.05) is 13.8 Å². The van der Waals surface area contributed by atoms with Gasteiger partial charge in [-0.25, -0.2) is 0 Å². The summed E-state index contributed by atoms with van der Waals surface area (Å²) in [5, 5.41) is 8.37. The van der Waals surface area contributed by atoms with Crippen LogP contribution in [0, 0.1) is 0 Å². The van der Waals surface area contributed by atoms with Crippen molar-refractivity contribution in [3.05, 3.63) is 0 Å². The molecular formula is C10H27NO4. The number of hydrogen-bond acceptors (Lipinski definition) is 5. The van der Waals surface area contributed by atoms with Crippen molar-refractivity contribution in [3.63, 3.8) is 0 Å². The van der Waals surface area contributed by atoms with Crippen molar-refractivity contribution >= 4 is 0 Å². The first-order valence-corrected chi connectivity index (χ1v) is 5.46. The van der Waals surface area contributed by atoms with E-state index in [1.807, 2.05) is 13.8 Å². The van der Waals surface area contributed by atoms with Crippen molar-refractivity contribution < 1.29 is 20.7 Å². The van der Waals surface area contributed by atoms with Crippen LogP contribution in [-0.4, -0.2) is 57.9 Å². The summed E-state index contributed by atoms with van der Waals surface area (Å²) in [5.74, 6) is 0. The lowest BCUT2D eigenvalue weighted by Crippen LogP contribution is -2.14. The molecule has 0 aromatic heterocycles. The van der Waals surface area contributed by atoms with Crippen LogP contribution in [0.15, 0.2) is 0 Å². The monoisotopic (exact) mass is 225 g/mol. The quantitative estimate of drug-likeness (QED) is 0.522. The van der Waals surface area contributed by atoms with E-state index in [1.165, 1.54) is 0 Å². The van der Waals surface area contributed by atoms with Gasteiger partial charge in [-0.15, -0.1) is 0 Å². The van der Waals surface area contributed by atoms with Gasteiger partial charge in [0.1, 0.15) is 0 Å². The van der Waals surface area contributed by atoms with Crippen LogP contribution in [-0.2, 0) is 14.2 Å². The Hall–Kier alpha value is -0.200. The minimum absolute atomic E-state index is 0. The lowest BCUT2D eigenvalue weighted by Gasteiger charge is -2.04. The number of ether oxygens (including phenoxy) is 3. The second kappa shape index (κ2) is 19.4. The molecule has 0 heterocycles. The molecule has 0 rings (SSSR count). The van der Waals surface area contributed by atoms with Crippen molar-refractivity contribution in [2.45, 2.75) is 13.8 Å². The maximum absolute atomic E-state index is 8.37. The zero-order valence-corrected chi connectivity index (χ0v) is 9.91. The van der Waals surface area contributed by atoms with Gasteiger partial charge in [-0.3, -0.25) is 0 Å². The molecule has 0 fully saturated rings. The Bertz CT molecular complexity index is 88.9. The smallest absolute Gasteiger partial charge is 0.0701 e. The number of aliphatic hydroxyl groups is 1. The Morgan fingerprint density at radius 1 is 0.867 bits per heavy atom. The van der Waals surface area contributed by atoms with Crippen molar-refractivity contribution in [2.75, 3.05) is 52.8 Å². The van der Waals surface area contributed by atoms with Gasteiger partial charge in [-0.05, 0) is 0 Å². The van der Waals surface area contributed by atoms with Crippen LogP contribution in [0.25, 0.3) is 0 Å². The highest BCUT2D eigenvalue weighted by Gasteiger charge is 1.89. The van der Waals surface area contributed by atoms with Gasteiger partial charge in [0.05, 0.1) is 46.2 Å². The van der Waals surface area contributed by atoms with Crippen LogP contribution in [0.5, 0.6) is 0 Å². The van der Waals surface area contributed by atoms with E-state index in [-0.39, 0.29) is 8.03 Å². The average molecular weight is 225 g/mol. The third-order valence-corrected chi connectivity index (χ3v) is 1.24. The van der Waals surface area contributed by atoms with Crippen molar-refractivity contribution in [1.29, 1.82) is 0 Å². The van der Waals surface area contributed by atoms with Gasteiger partial charge in [0.2, 0.25) is 0 Å². The van der Waals surface area contributed by atoms with Gasteiger partial charge in [-0.2, -0.15) is 0 Å². The number of aliphatic hydroxyl groups excluding tert-OH is 1. The zero-order chi connectivity index (χ0) is 11.8. The van der Waals surface area contributed by atoms with Crippen LogP contribution < -0.4 is 5.73 Å². The van der Waals surface area contributed by atoms with E-state index in [0.717, 1.165) is 0 Å². The highest BCUT2D eigenvalue weighted by atomic mass is 16.5. The first kappa shape index (κ1) is 17.2. The molecule has 5 heteroatoms. The van der Waals surface area contributed by atoms with Crippen molar-refractivity contribution in [3.8, 4) is 0 Å². The van der Waals surface area contributed by atoms with Crippen LogP contribution in [0.2, 0.25) is 0 Å². The molecule has 0 atom stereocenters. The molecule has 0 aliphatic heterocycles. The van der Waals surface area contributed by atoms with Gasteiger partial charge in [0.15, 0.2) is 0 Å². The fourth-order valence-corrected chi connectivity index (χ4v) is 0.690. The highest BCUT2D eigenvalue weighted by molar-refractivity contribution is 4.34. The molecule has 0 bridgehead atoms. The van der Waals surface area contributed by atoms with Gasteiger partial charge in [0.25, 0.3) is 0 Å². The molecule has 3 N–H and O–H groups in total. The van der Waals surface area contributed by atoms with E-state index in [2.05, 4.69) is 0 Å². The van der Waals surface area contributed by atoms with Crippen LogP contribution in [0.4, 0.5) is 0 Å². The standard InChI is InChI=1S/C8H19NO4.C2H6.H2/c9-1-3-11-5-7-13-8-6-12-4-2-10;1-2;/h10H,1-9H2;1-2H3;1H. The zero-order valence-electron chi connectivity index (χ0n) is 9.91. The molecule has 0 unspecified atom stereocenters. The summed E-state index contributed by atoms with van der Waals surface area (Å²) < 4.78 is 15.2. The molecule has 0 aromatic rings. The molecule has 0 aliphatic rings. The van der Waals surface area contributed by atoms with E-state index in [4.69, 9.17) is 25.1 Å². The van der Waals surface area contributed by atoms with Crippen LogP contribution in [0.3, 0.4) is 0 Å². The molecule has 15 heavy (non-hydrogen) atoms. The van der Waals surface area contributed by atoms with Crippen LogP contribution >= 0.6 is 0 Å². The molecule has 0 saturated heterocycles. The molecule has 96 valence electrons. The number of nitrogens with two attached hydrogens (primary N) is 1. The van der Waals surface area contributed by atoms with Crippen molar-refractivity contribution in [1.82, 2.24) is 0 Å². The van der Waals surface area contributed by atoms with E-state index in [9.17, 15) is 0 Å². The minimum Gasteiger partial charge on any atom is -0.394 e. The minimum atomic E-state index is 0. The largest absolute Gasteiger partial charge is 0.394 e. The molecule has 0 aliphatic carbocycles. The second-order valence-electron chi connectivity index (χ2n) is 2.35. The van der Waals surface area contributed by atoms with E-state index < -0.39 is 0 Å². The predicted molar refractivity (Wildman–Crippen MR) is 62.1 cm³/mol. The average Bonchev–Trinajstić information content (AvgIpc) is 2.30. The summed E-state index contributed by atoms with van der Waals surface area (Å²) in [5.41, 5.74) is 5.21. The van der Waals surface area contributed by atoms with E-state index in [0.29, 0.717) is 46.2 Å². The topological polar surface area (TPSA) is 73.9 Å². The Morgan fingerprint density at radius 3 is 1.67 bits per heavy atom. The molecular weight excluding hydrogens is 198 g/mol. The van der Waals surface area contributed by atoms with E-state index >= 15 is 0 Å². The van der Waals surface area contributed by atoms with E-state index in [1.54, 1.807) is 0 Å². The Kier molecular flexibility index (Phi) is 22.2. The molecule has 0 amide bonds. The van der Waals surface area contributed by atoms with Gasteiger partial charge in [0, 0.05) is 7.97 Å². The predicted octanol–water partition coefficient (Wildman–Crippen LogP) is 0.259. The second-order valence-corrected chi connectivity index (χ2v) is 2.35. The molecule has 5 nitrogen and oxygen atoms in total. The summed E-state index contributed by atoms with van der Waals surface area (Å²) in [4.78, 5) is 0. The first-order chi connectivity index (χ1) is 7.41. The lowest BCUT2D eigenvalue weighted by atomic mass is 10.7. The summed E-state index contributed by atoms with van der Waals surface area (Å²) in [6.07, 6.45) is 0. The van der Waals surface area contributed by atoms with Gasteiger partial charge >= 0.3 is 0 Å². The molecule has 0 radical (unpaired) electrons. The van der Waals surface area contributed by atoms with Crippen molar-refractivity contribution in [2.24, 2.45) is 5.73 Å². The molecule has 0 spiro atoms. The maximum Gasteiger partial charge on any atom is 0.0701 e. The fourth-order valence-electron chi connectivity index (χ4n) is 0.690. The lowest BCUT2D eigenvalue weighted by molar-refractivity contribution is 0.00888. The SMILES string of the molecule is CC.NCCOCCOCCOCCO.[HH].